The molecule has 1 aliphatic rings. The number of carbonyl (C=O) groups is 2. The van der Waals surface area contributed by atoms with Crippen molar-refractivity contribution in [3.8, 4) is 0 Å². The summed E-state index contributed by atoms with van der Waals surface area (Å²) in [6.45, 7) is -0.313. The number of halogens is 1. The van der Waals surface area contributed by atoms with Gasteiger partial charge in [0.25, 0.3) is 5.91 Å². The van der Waals surface area contributed by atoms with Gasteiger partial charge < -0.3 is 19.7 Å². The third kappa shape index (κ3) is 3.15. The number of fused-ring (bicyclic) bond motifs is 1. The second kappa shape index (κ2) is 6.82. The van der Waals surface area contributed by atoms with Crippen molar-refractivity contribution in [2.75, 3.05) is 6.73 Å². The molecule has 1 aliphatic heterocycles. The maximum Gasteiger partial charge on any atom is 0.494 e. The lowest BCUT2D eigenvalue weighted by molar-refractivity contribution is 0.0463. The van der Waals surface area contributed by atoms with Crippen molar-refractivity contribution in [3.63, 3.8) is 0 Å². The Hall–Kier alpha value is -2.71. The van der Waals surface area contributed by atoms with E-state index >= 15 is 0 Å². The average Bonchev–Trinajstić information content (AvgIpc) is 2.97. The van der Waals surface area contributed by atoms with Crippen LogP contribution in [0, 0.1) is 5.82 Å². The van der Waals surface area contributed by atoms with Crippen molar-refractivity contribution in [1.82, 2.24) is 5.32 Å². The van der Waals surface area contributed by atoms with Crippen LogP contribution in [0.1, 0.15) is 26.3 Å². The Morgan fingerprint density at radius 2 is 2.00 bits per heavy atom. The fraction of sp³-hybridized carbons (Fsp3) is 0.125. The van der Waals surface area contributed by atoms with Crippen LogP contribution < -0.4 is 10.8 Å². The summed E-state index contributed by atoms with van der Waals surface area (Å²) in [5.41, 5.74) is 0.542. The minimum atomic E-state index is -1.39. The van der Waals surface area contributed by atoms with Crippen LogP contribution in [-0.2, 0) is 16.0 Å². The van der Waals surface area contributed by atoms with Crippen molar-refractivity contribution < 1.29 is 28.4 Å². The van der Waals surface area contributed by atoms with Gasteiger partial charge >= 0.3 is 13.1 Å². The van der Waals surface area contributed by atoms with E-state index in [-0.39, 0.29) is 17.6 Å². The van der Waals surface area contributed by atoms with E-state index in [1.165, 1.54) is 12.1 Å². The van der Waals surface area contributed by atoms with Gasteiger partial charge in [-0.25, -0.2) is 9.18 Å². The molecule has 2 N–H and O–H groups in total. The van der Waals surface area contributed by atoms with Crippen molar-refractivity contribution in [2.24, 2.45) is 0 Å². The molecule has 0 fully saturated rings. The highest BCUT2D eigenvalue weighted by atomic mass is 19.1. The van der Waals surface area contributed by atoms with Gasteiger partial charge in [0.1, 0.15) is 5.82 Å². The molecule has 6 nitrogen and oxygen atoms in total. The number of amides is 1. The molecule has 0 saturated heterocycles. The predicted octanol–water partition coefficient (Wildman–Crippen LogP) is 0.588. The van der Waals surface area contributed by atoms with E-state index in [4.69, 9.17) is 9.39 Å². The summed E-state index contributed by atoms with van der Waals surface area (Å²) in [4.78, 5) is 23.8. The number of ether oxygens (including phenoxy) is 1. The second-order valence-electron chi connectivity index (χ2n) is 5.11. The van der Waals surface area contributed by atoms with E-state index in [9.17, 15) is 19.0 Å². The molecule has 0 atom stereocenters. The second-order valence-corrected chi connectivity index (χ2v) is 5.11. The van der Waals surface area contributed by atoms with E-state index in [1.54, 1.807) is 30.3 Å². The third-order valence-corrected chi connectivity index (χ3v) is 3.60. The van der Waals surface area contributed by atoms with Crippen LogP contribution in [0.15, 0.2) is 42.5 Å². The zero-order chi connectivity index (χ0) is 17.1. The first-order valence-corrected chi connectivity index (χ1v) is 7.19. The number of carbonyl (C=O) groups excluding carboxylic acids is 2. The molecular formula is C16H13BFNO5. The van der Waals surface area contributed by atoms with Gasteiger partial charge in [-0.05, 0) is 23.8 Å². The summed E-state index contributed by atoms with van der Waals surface area (Å²) in [7, 11) is -1.39. The lowest BCUT2D eigenvalue weighted by atomic mass is 9.78. The molecule has 1 amide bonds. The molecule has 0 aromatic heterocycles. The fourth-order valence-electron chi connectivity index (χ4n) is 2.37. The molecular weight excluding hydrogens is 316 g/mol. The molecule has 0 aliphatic carbocycles. The molecule has 2 aromatic rings. The number of hydrogen-bond donors (Lipinski definition) is 2. The van der Waals surface area contributed by atoms with Crippen LogP contribution in [-0.4, -0.2) is 30.7 Å². The highest BCUT2D eigenvalue weighted by molar-refractivity contribution is 6.61. The lowest BCUT2D eigenvalue weighted by Crippen LogP contribution is -2.35. The van der Waals surface area contributed by atoms with Crippen molar-refractivity contribution >= 4 is 24.5 Å². The first-order valence-electron chi connectivity index (χ1n) is 7.19. The summed E-state index contributed by atoms with van der Waals surface area (Å²) in [5, 5.41) is 11.9. The Morgan fingerprint density at radius 1 is 1.25 bits per heavy atom. The van der Waals surface area contributed by atoms with Crippen LogP contribution >= 0.6 is 0 Å². The zero-order valence-corrected chi connectivity index (χ0v) is 12.5. The van der Waals surface area contributed by atoms with E-state index in [1.807, 2.05) is 0 Å². The quantitative estimate of drug-likeness (QED) is 0.487. The van der Waals surface area contributed by atoms with Gasteiger partial charge in [-0.15, -0.1) is 0 Å². The Morgan fingerprint density at radius 3 is 2.75 bits per heavy atom. The van der Waals surface area contributed by atoms with Gasteiger partial charge in [0.2, 0.25) is 0 Å². The van der Waals surface area contributed by atoms with E-state index in [0.29, 0.717) is 11.1 Å². The molecule has 3 rings (SSSR count). The monoisotopic (exact) mass is 329 g/mol. The molecule has 0 unspecified atom stereocenters. The van der Waals surface area contributed by atoms with Crippen LogP contribution in [0.25, 0.3) is 0 Å². The summed E-state index contributed by atoms with van der Waals surface area (Å²) in [5.74, 6) is -2.20. The normalized spacial score (nSPS) is 12.7. The maximum absolute atomic E-state index is 14.3. The molecule has 0 bridgehead atoms. The summed E-state index contributed by atoms with van der Waals surface area (Å²) >= 11 is 0. The Balaban J connectivity index is 1.62. The maximum atomic E-state index is 14.3. The van der Waals surface area contributed by atoms with Gasteiger partial charge in [-0.2, -0.15) is 0 Å². The molecule has 8 heteroatoms. The molecule has 1 heterocycles. The molecule has 0 radical (unpaired) electrons. The third-order valence-electron chi connectivity index (χ3n) is 3.60. The predicted molar refractivity (Wildman–Crippen MR) is 83.0 cm³/mol. The molecule has 0 saturated carbocycles. The summed E-state index contributed by atoms with van der Waals surface area (Å²) in [6.07, 6.45) is 0. The van der Waals surface area contributed by atoms with Crippen LogP contribution in [0.5, 0.6) is 0 Å². The van der Waals surface area contributed by atoms with Crippen LogP contribution in [0.4, 0.5) is 4.39 Å². The van der Waals surface area contributed by atoms with Crippen molar-refractivity contribution in [2.45, 2.75) is 6.61 Å². The highest BCUT2D eigenvalue weighted by Gasteiger charge is 2.33. The van der Waals surface area contributed by atoms with Gasteiger partial charge in [0.15, 0.2) is 6.73 Å². The van der Waals surface area contributed by atoms with E-state index < -0.39 is 31.5 Å². The highest BCUT2D eigenvalue weighted by Crippen LogP contribution is 2.15. The van der Waals surface area contributed by atoms with Crippen LogP contribution in [0.3, 0.4) is 0 Å². The van der Waals surface area contributed by atoms with Gasteiger partial charge in [0, 0.05) is 5.46 Å². The van der Waals surface area contributed by atoms with Crippen LogP contribution in [0.2, 0.25) is 0 Å². The minimum Gasteiger partial charge on any atom is -0.441 e. The molecule has 0 spiro atoms. The number of nitrogens with one attached hydrogen (secondary N) is 1. The number of rotatable bonds is 4. The smallest absolute Gasteiger partial charge is 0.441 e. The topological polar surface area (TPSA) is 84.9 Å². The standard InChI is InChI=1S/C16H13BFNO5/c18-14-12(7-6-11-8-24-17(22)13(11)14)15(20)19-9-23-16(21)10-4-2-1-3-5-10/h1-7,22H,8-9H2,(H,19,20). The summed E-state index contributed by atoms with van der Waals surface area (Å²) < 4.78 is 24.1. The molecule has 122 valence electrons. The molecule has 24 heavy (non-hydrogen) atoms. The number of esters is 1. The minimum absolute atomic E-state index is 0.0380. The number of hydrogen-bond acceptors (Lipinski definition) is 5. The first kappa shape index (κ1) is 16.2. The van der Waals surface area contributed by atoms with E-state index in [2.05, 4.69) is 5.32 Å². The molecule has 2 aromatic carbocycles. The Labute approximate surface area is 137 Å². The average molecular weight is 329 g/mol. The number of benzene rings is 2. The SMILES string of the molecule is O=C(OCNC(=O)c1ccc2c(c1F)B(O)OC2)c1ccccc1. The van der Waals surface area contributed by atoms with Gasteiger partial charge in [-0.1, -0.05) is 24.3 Å². The van der Waals surface area contributed by atoms with Crippen molar-refractivity contribution in [1.29, 1.82) is 0 Å². The van der Waals surface area contributed by atoms with Gasteiger partial charge in [0.05, 0.1) is 17.7 Å². The van der Waals surface area contributed by atoms with E-state index in [0.717, 1.165) is 0 Å². The Kier molecular flexibility index (Phi) is 4.59. The lowest BCUT2D eigenvalue weighted by Gasteiger charge is -2.09. The summed E-state index contributed by atoms with van der Waals surface area (Å²) in [6, 6.07) is 11.1. The first-order chi connectivity index (χ1) is 11.6. The zero-order valence-electron chi connectivity index (χ0n) is 12.5. The Bertz CT molecular complexity index is 784. The van der Waals surface area contributed by atoms with Gasteiger partial charge in [-0.3, -0.25) is 4.79 Å². The fourth-order valence-corrected chi connectivity index (χ4v) is 2.37. The van der Waals surface area contributed by atoms with Crippen molar-refractivity contribution in [3.05, 3.63) is 65.0 Å². The largest absolute Gasteiger partial charge is 0.494 e.